The molecule has 3 rings (SSSR count). The van der Waals surface area contributed by atoms with Crippen LogP contribution in [0.5, 0.6) is 5.75 Å². The number of nitrogens with zero attached hydrogens (tertiary/aromatic N) is 1. The van der Waals surface area contributed by atoms with Crippen LogP contribution in [0.1, 0.15) is 44.6 Å². The van der Waals surface area contributed by atoms with Crippen LogP contribution in [0.4, 0.5) is 0 Å². The predicted octanol–water partition coefficient (Wildman–Crippen LogP) is 3.57. The van der Waals surface area contributed by atoms with Crippen molar-refractivity contribution in [2.24, 2.45) is 4.99 Å². The van der Waals surface area contributed by atoms with E-state index in [1.165, 1.54) is 49.2 Å². The van der Waals surface area contributed by atoms with Gasteiger partial charge in [-0.3, -0.25) is 0 Å². The van der Waals surface area contributed by atoms with Crippen LogP contribution in [0.25, 0.3) is 0 Å². The van der Waals surface area contributed by atoms with Gasteiger partial charge in [0.25, 0.3) is 0 Å². The van der Waals surface area contributed by atoms with Crippen LogP contribution in [-0.2, 0) is 6.54 Å². The van der Waals surface area contributed by atoms with E-state index in [0.29, 0.717) is 18.7 Å². The van der Waals surface area contributed by atoms with Gasteiger partial charge in [0.05, 0.1) is 12.6 Å². The number of aliphatic imine (C=N–C) groups is 1. The van der Waals surface area contributed by atoms with Gasteiger partial charge in [0.15, 0.2) is 5.96 Å². The van der Waals surface area contributed by atoms with Gasteiger partial charge >= 0.3 is 0 Å². The molecule has 0 amide bonds. The Bertz CT molecular complexity index is 539. The van der Waals surface area contributed by atoms with E-state index in [2.05, 4.69) is 35.8 Å². The van der Waals surface area contributed by atoms with E-state index in [1.807, 2.05) is 17.8 Å². The number of para-hydroxylation sites is 1. The van der Waals surface area contributed by atoms with Crippen molar-refractivity contribution in [1.29, 1.82) is 0 Å². The third-order valence-corrected chi connectivity index (χ3v) is 5.79. The third-order valence-electron chi connectivity index (χ3n) is 4.57. The van der Waals surface area contributed by atoms with E-state index in [0.717, 1.165) is 18.3 Å². The molecule has 1 unspecified atom stereocenters. The van der Waals surface area contributed by atoms with E-state index in [9.17, 15) is 0 Å². The first-order valence-electron chi connectivity index (χ1n) is 9.22. The lowest BCUT2D eigenvalue weighted by Gasteiger charge is -2.27. The largest absolute Gasteiger partial charge is 0.490 e. The second kappa shape index (κ2) is 9.21. The van der Waals surface area contributed by atoms with Crippen LogP contribution in [0.2, 0.25) is 0 Å². The average molecular weight is 348 g/mol. The van der Waals surface area contributed by atoms with Crippen molar-refractivity contribution in [3.8, 4) is 5.75 Å². The highest BCUT2D eigenvalue weighted by Gasteiger charge is 2.20. The Labute approximate surface area is 149 Å². The molecule has 5 heteroatoms. The third kappa shape index (κ3) is 5.07. The van der Waals surface area contributed by atoms with Crippen LogP contribution < -0.4 is 15.4 Å². The van der Waals surface area contributed by atoms with E-state index >= 15 is 0 Å². The highest BCUT2D eigenvalue weighted by atomic mass is 32.2. The molecule has 2 N–H and O–H groups in total. The van der Waals surface area contributed by atoms with Gasteiger partial charge in [-0.25, -0.2) is 4.99 Å². The number of ether oxygens (including phenoxy) is 1. The molecule has 2 aliphatic rings. The van der Waals surface area contributed by atoms with Crippen molar-refractivity contribution < 1.29 is 4.74 Å². The van der Waals surface area contributed by atoms with Crippen molar-refractivity contribution in [3.63, 3.8) is 0 Å². The Morgan fingerprint density at radius 3 is 2.83 bits per heavy atom. The fourth-order valence-electron chi connectivity index (χ4n) is 2.95. The molecule has 1 atom stereocenters. The van der Waals surface area contributed by atoms with Crippen molar-refractivity contribution in [3.05, 3.63) is 29.8 Å². The summed E-state index contributed by atoms with van der Waals surface area (Å²) in [6.07, 6.45) is 6.58. The number of nitrogens with one attached hydrogen (secondary N) is 2. The van der Waals surface area contributed by atoms with E-state index in [4.69, 9.17) is 9.73 Å². The van der Waals surface area contributed by atoms with Crippen LogP contribution in [-0.4, -0.2) is 36.2 Å². The molecule has 1 aromatic rings. The van der Waals surface area contributed by atoms with Crippen molar-refractivity contribution in [2.75, 3.05) is 18.1 Å². The predicted molar refractivity (Wildman–Crippen MR) is 103 cm³/mol. The Hall–Kier alpha value is -1.36. The van der Waals surface area contributed by atoms with Crippen LogP contribution >= 0.6 is 11.8 Å². The van der Waals surface area contributed by atoms with E-state index in [1.54, 1.807) is 0 Å². The Morgan fingerprint density at radius 1 is 1.25 bits per heavy atom. The maximum atomic E-state index is 6.11. The second-order valence-corrected chi connectivity index (χ2v) is 7.68. The van der Waals surface area contributed by atoms with Crippen molar-refractivity contribution >= 4 is 17.7 Å². The first-order valence-corrected chi connectivity index (χ1v) is 10.4. The second-order valence-electron chi connectivity index (χ2n) is 6.53. The molecule has 0 aromatic heterocycles. The summed E-state index contributed by atoms with van der Waals surface area (Å²) in [7, 11) is 0. The van der Waals surface area contributed by atoms with Gasteiger partial charge in [-0.2, -0.15) is 11.8 Å². The maximum absolute atomic E-state index is 6.11. The molecule has 1 aliphatic carbocycles. The topological polar surface area (TPSA) is 45.7 Å². The van der Waals surface area contributed by atoms with Gasteiger partial charge in [-0.15, -0.1) is 0 Å². The fourth-order valence-corrected chi connectivity index (χ4v) is 4.02. The molecule has 24 heavy (non-hydrogen) atoms. The molecular formula is C19H29N3OS. The monoisotopic (exact) mass is 347 g/mol. The van der Waals surface area contributed by atoms with Gasteiger partial charge in [-0.05, 0) is 50.8 Å². The van der Waals surface area contributed by atoms with Gasteiger partial charge < -0.3 is 15.4 Å². The zero-order valence-corrected chi connectivity index (χ0v) is 15.4. The number of hydrogen-bond donors (Lipinski definition) is 2. The molecule has 0 spiro atoms. The molecule has 0 bridgehead atoms. The number of benzene rings is 1. The summed E-state index contributed by atoms with van der Waals surface area (Å²) in [6, 6.07) is 8.84. The minimum Gasteiger partial charge on any atom is -0.490 e. The normalized spacial score (nSPS) is 21.9. The number of thioether (sulfide) groups is 1. The SMILES string of the molecule is CCNC(=NCc1ccccc1OC1CCC1)NC1CCCSC1. The fraction of sp³-hybridized carbons (Fsp3) is 0.632. The van der Waals surface area contributed by atoms with E-state index < -0.39 is 0 Å². The highest BCUT2D eigenvalue weighted by Crippen LogP contribution is 2.28. The summed E-state index contributed by atoms with van der Waals surface area (Å²) in [5, 5.41) is 6.96. The standard InChI is InChI=1S/C19H29N3OS/c1-2-20-19(22-16-8-6-12-24-14-16)21-13-15-7-3-4-11-18(15)23-17-9-5-10-17/h3-4,7,11,16-17H,2,5-6,8-10,12-14H2,1H3,(H2,20,21,22). The molecule has 0 radical (unpaired) electrons. The molecule has 1 saturated heterocycles. The lowest BCUT2D eigenvalue weighted by molar-refractivity contribution is 0.119. The van der Waals surface area contributed by atoms with Crippen molar-refractivity contribution in [1.82, 2.24) is 10.6 Å². The lowest BCUT2D eigenvalue weighted by atomic mass is 9.96. The number of rotatable bonds is 6. The average Bonchev–Trinajstić information content (AvgIpc) is 2.58. The minimum atomic E-state index is 0.403. The molecular weight excluding hydrogens is 318 g/mol. The molecule has 1 aliphatic heterocycles. The zero-order chi connectivity index (χ0) is 16.6. The van der Waals surface area contributed by atoms with Crippen LogP contribution in [0.3, 0.4) is 0 Å². The molecule has 1 aromatic carbocycles. The van der Waals surface area contributed by atoms with Crippen LogP contribution in [0.15, 0.2) is 29.3 Å². The summed E-state index contributed by atoms with van der Waals surface area (Å²) in [6.45, 7) is 3.64. The summed E-state index contributed by atoms with van der Waals surface area (Å²) < 4.78 is 6.11. The van der Waals surface area contributed by atoms with Crippen molar-refractivity contribution in [2.45, 2.75) is 57.7 Å². The first kappa shape index (κ1) is 17.5. The van der Waals surface area contributed by atoms with Gasteiger partial charge in [0, 0.05) is 23.9 Å². The van der Waals surface area contributed by atoms with Gasteiger partial charge in [0.1, 0.15) is 5.75 Å². The number of hydrogen-bond acceptors (Lipinski definition) is 3. The van der Waals surface area contributed by atoms with Crippen LogP contribution in [0, 0.1) is 0 Å². The molecule has 1 heterocycles. The first-order chi connectivity index (χ1) is 11.8. The summed E-state index contributed by atoms with van der Waals surface area (Å²) in [4.78, 5) is 4.79. The number of guanidine groups is 1. The Balaban J connectivity index is 1.62. The lowest BCUT2D eigenvalue weighted by Crippen LogP contribution is -2.45. The molecule has 4 nitrogen and oxygen atoms in total. The summed E-state index contributed by atoms with van der Waals surface area (Å²) in [5.41, 5.74) is 1.17. The van der Waals surface area contributed by atoms with Gasteiger partial charge in [-0.1, -0.05) is 18.2 Å². The maximum Gasteiger partial charge on any atom is 0.191 e. The zero-order valence-electron chi connectivity index (χ0n) is 14.6. The summed E-state index contributed by atoms with van der Waals surface area (Å²) in [5.74, 6) is 4.38. The Kier molecular flexibility index (Phi) is 6.70. The molecule has 132 valence electrons. The Morgan fingerprint density at radius 2 is 2.12 bits per heavy atom. The van der Waals surface area contributed by atoms with E-state index in [-0.39, 0.29) is 0 Å². The minimum absolute atomic E-state index is 0.403. The quantitative estimate of drug-likeness (QED) is 0.610. The highest BCUT2D eigenvalue weighted by molar-refractivity contribution is 7.99. The molecule has 1 saturated carbocycles. The summed E-state index contributed by atoms with van der Waals surface area (Å²) >= 11 is 2.03. The van der Waals surface area contributed by atoms with Gasteiger partial charge in [0.2, 0.25) is 0 Å². The molecule has 2 fully saturated rings. The smallest absolute Gasteiger partial charge is 0.191 e.